The molecule has 0 amide bonds. The normalized spacial score (nSPS) is 17.1. The van der Waals surface area contributed by atoms with Crippen molar-refractivity contribution in [2.75, 3.05) is 20.1 Å². The Morgan fingerprint density at radius 3 is 2.40 bits per heavy atom. The molecule has 1 fully saturated rings. The van der Waals surface area contributed by atoms with Gasteiger partial charge in [-0.2, -0.15) is 0 Å². The van der Waals surface area contributed by atoms with Gasteiger partial charge >= 0.3 is 0 Å². The van der Waals surface area contributed by atoms with Crippen LogP contribution in [0.4, 0.5) is 0 Å². The Morgan fingerprint density at radius 1 is 1.20 bits per heavy atom. The van der Waals surface area contributed by atoms with Gasteiger partial charge in [-0.05, 0) is 62.4 Å². The summed E-state index contributed by atoms with van der Waals surface area (Å²) in [5.74, 6) is 0. The number of rotatable bonds is 8. The third kappa shape index (κ3) is 4.30. The van der Waals surface area contributed by atoms with Crippen LogP contribution in [0.15, 0.2) is 29.2 Å². The molecule has 0 radical (unpaired) electrons. The van der Waals surface area contributed by atoms with E-state index in [1.165, 1.54) is 5.56 Å². The van der Waals surface area contributed by atoms with Crippen molar-refractivity contribution in [2.45, 2.75) is 37.5 Å². The predicted molar refractivity (Wildman–Crippen MR) is 81.2 cm³/mol. The summed E-state index contributed by atoms with van der Waals surface area (Å²) in [5, 5.41) is 3.10. The lowest BCUT2D eigenvalue weighted by atomic mass is 10.1. The molecule has 0 heterocycles. The highest BCUT2D eigenvalue weighted by molar-refractivity contribution is 7.89. The van der Waals surface area contributed by atoms with Gasteiger partial charge in [0.1, 0.15) is 0 Å². The average Bonchev–Trinajstić information content (AvgIpc) is 3.16. The minimum absolute atomic E-state index is 0.181. The number of benzene rings is 1. The molecule has 2 rings (SSSR count). The zero-order valence-corrected chi connectivity index (χ0v) is 13.1. The van der Waals surface area contributed by atoms with Gasteiger partial charge in [0.05, 0.1) is 4.90 Å². The molecule has 1 aromatic carbocycles. The summed E-state index contributed by atoms with van der Waals surface area (Å²) < 4.78 is 27.0. The standard InChI is InChI=1S/C15H24N2O2S/c1-15(9-10-15)12-17-20(18,19)14-7-5-13(6-8-14)4-3-11-16-2/h5-8,16-17H,3-4,9-12H2,1-2H3. The van der Waals surface area contributed by atoms with Crippen LogP contribution in [0.25, 0.3) is 0 Å². The minimum atomic E-state index is -3.36. The second-order valence-corrected chi connectivity index (χ2v) is 7.75. The van der Waals surface area contributed by atoms with E-state index in [-0.39, 0.29) is 5.41 Å². The first kappa shape index (κ1) is 15.5. The molecule has 1 saturated carbocycles. The first-order valence-corrected chi connectivity index (χ1v) is 8.67. The van der Waals surface area contributed by atoms with Crippen LogP contribution in [-0.2, 0) is 16.4 Å². The van der Waals surface area contributed by atoms with Crippen molar-refractivity contribution >= 4 is 10.0 Å². The summed E-state index contributed by atoms with van der Waals surface area (Å²) in [7, 11) is -1.43. The minimum Gasteiger partial charge on any atom is -0.320 e. The molecule has 5 heteroatoms. The van der Waals surface area contributed by atoms with E-state index in [1.807, 2.05) is 19.2 Å². The van der Waals surface area contributed by atoms with Crippen LogP contribution in [0.5, 0.6) is 0 Å². The zero-order valence-electron chi connectivity index (χ0n) is 12.3. The van der Waals surface area contributed by atoms with Gasteiger partial charge in [-0.3, -0.25) is 0 Å². The molecule has 0 aromatic heterocycles. The molecule has 0 saturated heterocycles. The Hall–Kier alpha value is -0.910. The second kappa shape index (κ2) is 6.24. The third-order valence-electron chi connectivity index (χ3n) is 3.92. The Balaban J connectivity index is 1.93. The summed E-state index contributed by atoms with van der Waals surface area (Å²) in [6.45, 7) is 3.62. The highest BCUT2D eigenvalue weighted by atomic mass is 32.2. The smallest absolute Gasteiger partial charge is 0.240 e. The SMILES string of the molecule is CNCCCc1ccc(S(=O)(=O)NCC2(C)CC2)cc1. The van der Waals surface area contributed by atoms with Gasteiger partial charge in [-0.1, -0.05) is 19.1 Å². The molecule has 1 aromatic rings. The van der Waals surface area contributed by atoms with Crippen molar-refractivity contribution in [2.24, 2.45) is 5.41 Å². The van der Waals surface area contributed by atoms with Crippen LogP contribution >= 0.6 is 0 Å². The highest BCUT2D eigenvalue weighted by Gasteiger charge is 2.38. The van der Waals surface area contributed by atoms with Crippen molar-refractivity contribution in [3.05, 3.63) is 29.8 Å². The molecule has 0 spiro atoms. The lowest BCUT2D eigenvalue weighted by Gasteiger charge is -2.11. The van der Waals surface area contributed by atoms with Crippen molar-refractivity contribution in [3.63, 3.8) is 0 Å². The zero-order chi connectivity index (χ0) is 14.6. The predicted octanol–water partition coefficient (Wildman–Crippen LogP) is 1.92. The topological polar surface area (TPSA) is 58.2 Å². The Bertz CT molecular complexity index is 533. The lowest BCUT2D eigenvalue weighted by Crippen LogP contribution is -2.29. The van der Waals surface area contributed by atoms with Crippen LogP contribution in [0, 0.1) is 5.41 Å². The quantitative estimate of drug-likeness (QED) is 0.721. The van der Waals surface area contributed by atoms with Crippen molar-refractivity contribution in [3.8, 4) is 0 Å². The fraction of sp³-hybridized carbons (Fsp3) is 0.600. The number of hydrogen-bond donors (Lipinski definition) is 2. The Labute approximate surface area is 122 Å². The number of sulfonamides is 1. The fourth-order valence-electron chi connectivity index (χ4n) is 2.05. The first-order valence-electron chi connectivity index (χ1n) is 7.18. The Morgan fingerprint density at radius 2 is 1.85 bits per heavy atom. The van der Waals surface area contributed by atoms with Crippen LogP contribution in [0.1, 0.15) is 31.7 Å². The van der Waals surface area contributed by atoms with Gasteiger partial charge in [0, 0.05) is 6.54 Å². The third-order valence-corrected chi connectivity index (χ3v) is 5.34. The molecular formula is C15H24N2O2S. The summed E-state index contributed by atoms with van der Waals surface area (Å²) >= 11 is 0. The second-order valence-electron chi connectivity index (χ2n) is 5.99. The molecule has 0 bridgehead atoms. The monoisotopic (exact) mass is 296 g/mol. The maximum absolute atomic E-state index is 12.2. The van der Waals surface area contributed by atoms with Crippen molar-refractivity contribution in [1.82, 2.24) is 10.0 Å². The van der Waals surface area contributed by atoms with Gasteiger partial charge in [-0.15, -0.1) is 0 Å². The van der Waals surface area contributed by atoms with E-state index in [9.17, 15) is 8.42 Å². The van der Waals surface area contributed by atoms with E-state index in [2.05, 4.69) is 17.0 Å². The average molecular weight is 296 g/mol. The van der Waals surface area contributed by atoms with Crippen LogP contribution in [-0.4, -0.2) is 28.6 Å². The number of aryl methyl sites for hydroxylation is 1. The van der Waals surface area contributed by atoms with Crippen LogP contribution < -0.4 is 10.0 Å². The van der Waals surface area contributed by atoms with Crippen LogP contribution in [0.3, 0.4) is 0 Å². The molecule has 0 aliphatic heterocycles. The number of hydrogen-bond acceptors (Lipinski definition) is 3. The van der Waals surface area contributed by atoms with Gasteiger partial charge in [0.15, 0.2) is 0 Å². The molecule has 0 atom stereocenters. The molecule has 112 valence electrons. The Kier molecular flexibility index (Phi) is 4.83. The molecule has 20 heavy (non-hydrogen) atoms. The molecule has 1 aliphatic carbocycles. The van der Waals surface area contributed by atoms with Gasteiger partial charge in [-0.25, -0.2) is 13.1 Å². The maximum atomic E-state index is 12.2. The van der Waals surface area contributed by atoms with Crippen LogP contribution in [0.2, 0.25) is 0 Å². The molecule has 2 N–H and O–H groups in total. The fourth-order valence-corrected chi connectivity index (χ4v) is 3.25. The van der Waals surface area contributed by atoms with E-state index in [0.717, 1.165) is 32.2 Å². The summed E-state index contributed by atoms with van der Waals surface area (Å²) in [6, 6.07) is 7.21. The molecule has 4 nitrogen and oxygen atoms in total. The number of nitrogens with one attached hydrogen (secondary N) is 2. The lowest BCUT2D eigenvalue weighted by molar-refractivity contribution is 0.530. The van der Waals surface area contributed by atoms with E-state index >= 15 is 0 Å². The highest BCUT2D eigenvalue weighted by Crippen LogP contribution is 2.44. The summed E-state index contributed by atoms with van der Waals surface area (Å²) in [4.78, 5) is 0.360. The van der Waals surface area contributed by atoms with E-state index in [4.69, 9.17) is 0 Å². The van der Waals surface area contributed by atoms with Crippen molar-refractivity contribution in [1.29, 1.82) is 0 Å². The molecule has 1 aliphatic rings. The van der Waals surface area contributed by atoms with Gasteiger partial charge < -0.3 is 5.32 Å². The molecule has 0 unspecified atom stereocenters. The van der Waals surface area contributed by atoms with Gasteiger partial charge in [0.25, 0.3) is 0 Å². The summed E-state index contributed by atoms with van der Waals surface area (Å²) in [6.07, 6.45) is 4.24. The first-order chi connectivity index (χ1) is 9.45. The van der Waals surface area contributed by atoms with Gasteiger partial charge in [0.2, 0.25) is 10.0 Å². The largest absolute Gasteiger partial charge is 0.320 e. The molecular weight excluding hydrogens is 272 g/mol. The van der Waals surface area contributed by atoms with E-state index < -0.39 is 10.0 Å². The van der Waals surface area contributed by atoms with Crippen molar-refractivity contribution < 1.29 is 8.42 Å². The maximum Gasteiger partial charge on any atom is 0.240 e. The summed E-state index contributed by atoms with van der Waals surface area (Å²) in [5.41, 5.74) is 1.36. The van der Waals surface area contributed by atoms with E-state index in [1.54, 1.807) is 12.1 Å². The van der Waals surface area contributed by atoms with E-state index in [0.29, 0.717) is 11.4 Å².